The number of carboxylic acids is 1. The van der Waals surface area contributed by atoms with E-state index in [1.54, 1.807) is 6.08 Å². The minimum atomic E-state index is -1.50. The largest absolute Gasteiger partial charge is 0.479 e. The maximum absolute atomic E-state index is 12.3. The summed E-state index contributed by atoms with van der Waals surface area (Å²) in [5, 5.41) is 12.0. The zero-order valence-electron chi connectivity index (χ0n) is 16.1. The summed E-state index contributed by atoms with van der Waals surface area (Å²) in [4.78, 5) is 24.0. The van der Waals surface area contributed by atoms with Crippen LogP contribution >= 0.6 is 0 Å². The quantitative estimate of drug-likeness (QED) is 0.682. The number of carbonyl (C=O) groups is 2. The number of allylic oxidation sites excluding steroid dienone is 1. The summed E-state index contributed by atoms with van der Waals surface area (Å²) in [6.07, 6.45) is 4.16. The number of nitrogens with one attached hydrogen (secondary N) is 1. The van der Waals surface area contributed by atoms with Gasteiger partial charge in [-0.1, -0.05) is 74.0 Å². The molecule has 0 fully saturated rings. The lowest BCUT2D eigenvalue weighted by Gasteiger charge is -2.23. The highest BCUT2D eigenvalue weighted by molar-refractivity contribution is 5.86. The molecule has 0 unspecified atom stereocenters. The molecule has 1 aliphatic rings. The third kappa shape index (κ3) is 3.93. The van der Waals surface area contributed by atoms with E-state index in [9.17, 15) is 14.7 Å². The van der Waals surface area contributed by atoms with Crippen molar-refractivity contribution >= 4 is 12.1 Å². The standard InChI is InChI=1S/C23H25NO4/c1-3-4-9-14-23(2,21(25)26)24-22(27)28-15-20-18-12-7-5-10-16(18)17-11-6-8-13-19(17)20/h5-14,20H,3-4,15H2,1-2H3,(H,24,27)(H,25,26)/t23-/m1/s1. The van der Waals surface area contributed by atoms with Gasteiger partial charge < -0.3 is 15.2 Å². The Morgan fingerprint density at radius 2 is 1.68 bits per heavy atom. The molecule has 1 amide bonds. The van der Waals surface area contributed by atoms with Crippen molar-refractivity contribution in [1.82, 2.24) is 5.32 Å². The average Bonchev–Trinajstić information content (AvgIpc) is 3.00. The van der Waals surface area contributed by atoms with Gasteiger partial charge in [-0.05, 0) is 35.6 Å². The van der Waals surface area contributed by atoms with E-state index in [1.165, 1.54) is 13.0 Å². The Kier molecular flexibility index (Phi) is 5.83. The number of carboxylic acid groups (broad SMARTS) is 1. The number of unbranched alkanes of at least 4 members (excludes halogenated alkanes) is 1. The molecule has 5 nitrogen and oxygen atoms in total. The zero-order valence-corrected chi connectivity index (χ0v) is 16.1. The summed E-state index contributed by atoms with van der Waals surface area (Å²) in [7, 11) is 0. The van der Waals surface area contributed by atoms with Crippen LogP contribution in [-0.2, 0) is 9.53 Å². The number of fused-ring (bicyclic) bond motifs is 3. The van der Waals surface area contributed by atoms with E-state index < -0.39 is 17.6 Å². The first-order chi connectivity index (χ1) is 13.5. The van der Waals surface area contributed by atoms with Gasteiger partial charge in [0.1, 0.15) is 6.61 Å². The van der Waals surface area contributed by atoms with Gasteiger partial charge in [0, 0.05) is 5.92 Å². The minimum Gasteiger partial charge on any atom is -0.479 e. The van der Waals surface area contributed by atoms with E-state index in [1.807, 2.05) is 43.3 Å². The van der Waals surface area contributed by atoms with Gasteiger partial charge in [0.2, 0.25) is 0 Å². The fraction of sp³-hybridized carbons (Fsp3) is 0.304. The summed E-state index contributed by atoms with van der Waals surface area (Å²) < 4.78 is 5.44. The SMILES string of the molecule is CCCC=C[C@@](C)(NC(=O)OCC1c2ccccc2-c2ccccc21)C(=O)O. The molecule has 5 heteroatoms. The molecule has 2 aromatic carbocycles. The second-order valence-corrected chi connectivity index (χ2v) is 7.15. The Morgan fingerprint density at radius 3 is 2.21 bits per heavy atom. The number of carbonyl (C=O) groups excluding carboxylic acids is 1. The van der Waals surface area contributed by atoms with Crippen LogP contribution in [0.25, 0.3) is 11.1 Å². The molecule has 0 aliphatic heterocycles. The van der Waals surface area contributed by atoms with Crippen LogP contribution in [0.5, 0.6) is 0 Å². The van der Waals surface area contributed by atoms with Crippen LogP contribution in [0.1, 0.15) is 43.7 Å². The number of alkyl carbamates (subject to hydrolysis) is 1. The van der Waals surface area contributed by atoms with Crippen molar-refractivity contribution in [2.24, 2.45) is 0 Å². The molecule has 146 valence electrons. The maximum Gasteiger partial charge on any atom is 0.408 e. The molecule has 0 saturated heterocycles. The number of hydrogen-bond donors (Lipinski definition) is 2. The van der Waals surface area contributed by atoms with E-state index in [4.69, 9.17) is 4.74 Å². The Bertz CT molecular complexity index is 859. The molecule has 0 heterocycles. The molecular weight excluding hydrogens is 354 g/mol. The molecule has 0 bridgehead atoms. The monoisotopic (exact) mass is 379 g/mol. The van der Waals surface area contributed by atoms with Gasteiger partial charge in [0.25, 0.3) is 0 Å². The zero-order chi connectivity index (χ0) is 20.1. The number of rotatable bonds is 7. The van der Waals surface area contributed by atoms with E-state index in [0.717, 1.165) is 35.1 Å². The van der Waals surface area contributed by atoms with Crippen LogP contribution in [0, 0.1) is 0 Å². The summed E-state index contributed by atoms with van der Waals surface area (Å²) in [5.74, 6) is -1.20. The molecule has 2 N–H and O–H groups in total. The first-order valence-corrected chi connectivity index (χ1v) is 9.50. The Balaban J connectivity index is 1.72. The van der Waals surface area contributed by atoms with Crippen molar-refractivity contribution < 1.29 is 19.4 Å². The van der Waals surface area contributed by atoms with Crippen LogP contribution in [0.4, 0.5) is 4.79 Å². The Hall–Kier alpha value is -3.08. The highest BCUT2D eigenvalue weighted by atomic mass is 16.5. The van der Waals surface area contributed by atoms with Gasteiger partial charge in [-0.15, -0.1) is 0 Å². The summed E-state index contributed by atoms with van der Waals surface area (Å²) in [5.41, 5.74) is 3.01. The molecule has 28 heavy (non-hydrogen) atoms. The molecule has 1 atom stereocenters. The van der Waals surface area contributed by atoms with Crippen molar-refractivity contribution in [1.29, 1.82) is 0 Å². The molecular formula is C23H25NO4. The molecule has 1 aliphatic carbocycles. The van der Waals surface area contributed by atoms with Gasteiger partial charge in [-0.2, -0.15) is 0 Å². The topological polar surface area (TPSA) is 75.6 Å². The van der Waals surface area contributed by atoms with Crippen LogP contribution in [0.3, 0.4) is 0 Å². The second-order valence-electron chi connectivity index (χ2n) is 7.15. The predicted octanol–water partition coefficient (Wildman–Crippen LogP) is 4.72. The lowest BCUT2D eigenvalue weighted by atomic mass is 9.98. The molecule has 0 saturated carbocycles. The summed E-state index contributed by atoms with van der Waals surface area (Å²) in [6.45, 7) is 3.60. The highest BCUT2D eigenvalue weighted by Crippen LogP contribution is 2.44. The minimum absolute atomic E-state index is 0.0649. The number of benzene rings is 2. The number of ether oxygens (including phenoxy) is 1. The van der Waals surface area contributed by atoms with Crippen molar-refractivity contribution in [2.45, 2.75) is 38.1 Å². The normalized spacial score (nSPS) is 14.9. The van der Waals surface area contributed by atoms with Crippen molar-refractivity contribution in [3.63, 3.8) is 0 Å². The van der Waals surface area contributed by atoms with Gasteiger partial charge in [-0.3, -0.25) is 0 Å². The van der Waals surface area contributed by atoms with Gasteiger partial charge in [0.15, 0.2) is 5.54 Å². The highest BCUT2D eigenvalue weighted by Gasteiger charge is 2.34. The van der Waals surface area contributed by atoms with E-state index in [0.29, 0.717) is 0 Å². The third-order valence-corrected chi connectivity index (χ3v) is 5.06. The van der Waals surface area contributed by atoms with E-state index >= 15 is 0 Å². The third-order valence-electron chi connectivity index (χ3n) is 5.06. The maximum atomic E-state index is 12.3. The smallest absolute Gasteiger partial charge is 0.408 e. The summed E-state index contributed by atoms with van der Waals surface area (Å²) >= 11 is 0. The van der Waals surface area contributed by atoms with E-state index in [2.05, 4.69) is 17.4 Å². The predicted molar refractivity (Wildman–Crippen MR) is 108 cm³/mol. The van der Waals surface area contributed by atoms with Gasteiger partial charge >= 0.3 is 12.1 Å². The molecule has 3 rings (SSSR count). The number of aliphatic carboxylic acids is 1. The average molecular weight is 379 g/mol. The first kappa shape index (κ1) is 19.7. The van der Waals surface area contributed by atoms with Gasteiger partial charge in [-0.25, -0.2) is 9.59 Å². The summed E-state index contributed by atoms with van der Waals surface area (Å²) in [6, 6.07) is 16.1. The molecule has 0 aromatic heterocycles. The first-order valence-electron chi connectivity index (χ1n) is 9.50. The van der Waals surface area contributed by atoms with E-state index in [-0.39, 0.29) is 12.5 Å². The van der Waals surface area contributed by atoms with Crippen molar-refractivity contribution in [2.75, 3.05) is 6.61 Å². The lowest BCUT2D eigenvalue weighted by Crippen LogP contribution is -2.51. The lowest BCUT2D eigenvalue weighted by molar-refractivity contribution is -0.141. The van der Waals surface area contributed by atoms with Gasteiger partial charge in [0.05, 0.1) is 0 Å². The second kappa shape index (κ2) is 8.30. The molecule has 0 radical (unpaired) electrons. The van der Waals surface area contributed by atoms with Crippen LogP contribution < -0.4 is 5.32 Å². The van der Waals surface area contributed by atoms with Crippen molar-refractivity contribution in [3.8, 4) is 11.1 Å². The number of amides is 1. The van der Waals surface area contributed by atoms with Crippen LogP contribution in [0.2, 0.25) is 0 Å². The molecule has 2 aromatic rings. The number of hydrogen-bond acceptors (Lipinski definition) is 3. The Morgan fingerprint density at radius 1 is 1.11 bits per heavy atom. The fourth-order valence-electron chi connectivity index (χ4n) is 3.50. The van der Waals surface area contributed by atoms with Crippen LogP contribution in [0.15, 0.2) is 60.7 Å². The molecule has 0 spiro atoms. The van der Waals surface area contributed by atoms with Crippen molar-refractivity contribution in [3.05, 3.63) is 71.8 Å². The Labute approximate surface area is 165 Å². The fourth-order valence-corrected chi connectivity index (χ4v) is 3.50. The van der Waals surface area contributed by atoms with Crippen LogP contribution in [-0.4, -0.2) is 29.3 Å².